The Balaban J connectivity index is 2.62. The van der Waals surface area contributed by atoms with Gasteiger partial charge in [0.05, 0.1) is 9.71 Å². The number of rotatable bonds is 3. The molecule has 1 heterocycles. The molecular formula is C14H15NOS4. The van der Waals surface area contributed by atoms with Crippen molar-refractivity contribution in [2.45, 2.75) is 6.92 Å². The molecule has 0 unspecified atom stereocenters. The predicted octanol–water partition coefficient (Wildman–Crippen LogP) is 5.29. The lowest BCUT2D eigenvalue weighted by Gasteiger charge is -2.10. The zero-order valence-electron chi connectivity index (χ0n) is 11.7. The van der Waals surface area contributed by atoms with Gasteiger partial charge in [-0.1, -0.05) is 18.3 Å². The van der Waals surface area contributed by atoms with Crippen LogP contribution in [0.1, 0.15) is 12.5 Å². The number of thioether (sulfide) groups is 2. The highest BCUT2D eigenvalue weighted by molar-refractivity contribution is 8.23. The van der Waals surface area contributed by atoms with Crippen LogP contribution in [0, 0.1) is 4.84 Å². The number of hydrogen-bond acceptors (Lipinski definition) is 5. The summed E-state index contributed by atoms with van der Waals surface area (Å²) in [5.74, 6) is 0. The molecule has 0 radical (unpaired) electrons. The van der Waals surface area contributed by atoms with Crippen molar-refractivity contribution < 1.29 is 4.42 Å². The van der Waals surface area contributed by atoms with E-state index in [-0.39, 0.29) is 0 Å². The van der Waals surface area contributed by atoms with Crippen LogP contribution in [0.2, 0.25) is 0 Å². The molecule has 0 fully saturated rings. The summed E-state index contributed by atoms with van der Waals surface area (Å²) in [7, 11) is 1.91. The van der Waals surface area contributed by atoms with E-state index in [1.54, 1.807) is 23.5 Å². The third kappa shape index (κ3) is 2.88. The number of thiocarbonyl (C=S) groups is 1. The summed E-state index contributed by atoms with van der Waals surface area (Å²) >= 11 is 13.8. The highest BCUT2D eigenvalue weighted by Gasteiger charge is 2.11. The minimum Gasteiger partial charge on any atom is -0.429 e. The first-order valence-electron chi connectivity index (χ1n) is 5.92. The largest absolute Gasteiger partial charge is 0.429 e. The van der Waals surface area contributed by atoms with Crippen molar-refractivity contribution in [3.63, 3.8) is 0 Å². The first-order chi connectivity index (χ1) is 9.49. The van der Waals surface area contributed by atoms with Crippen LogP contribution in [0.3, 0.4) is 0 Å². The number of aryl methyl sites for hydroxylation is 1. The molecule has 0 saturated heterocycles. The van der Waals surface area contributed by atoms with Crippen LogP contribution in [0.25, 0.3) is 16.0 Å². The van der Waals surface area contributed by atoms with E-state index in [0.29, 0.717) is 4.84 Å². The van der Waals surface area contributed by atoms with Gasteiger partial charge < -0.3 is 8.98 Å². The molecule has 1 aromatic heterocycles. The van der Waals surface area contributed by atoms with Gasteiger partial charge in [-0.05, 0) is 54.9 Å². The fourth-order valence-electron chi connectivity index (χ4n) is 2.01. The van der Waals surface area contributed by atoms with Crippen LogP contribution in [0.5, 0.6) is 0 Å². The molecule has 0 aliphatic rings. The molecule has 0 atom stereocenters. The number of fused-ring (bicyclic) bond motifs is 1. The van der Waals surface area contributed by atoms with Gasteiger partial charge in [-0.25, -0.2) is 0 Å². The summed E-state index contributed by atoms with van der Waals surface area (Å²) in [6.45, 7) is 2.06. The molecule has 0 aliphatic heterocycles. The van der Waals surface area contributed by atoms with Gasteiger partial charge >= 0.3 is 0 Å². The summed E-state index contributed by atoms with van der Waals surface area (Å²) < 4.78 is 8.40. The molecule has 0 N–H and O–H groups in total. The van der Waals surface area contributed by atoms with E-state index in [9.17, 15) is 0 Å². The lowest BCUT2D eigenvalue weighted by Crippen LogP contribution is -1.94. The summed E-state index contributed by atoms with van der Waals surface area (Å²) in [5, 5.41) is 0. The van der Waals surface area contributed by atoms with E-state index < -0.39 is 0 Å². The number of nitrogens with zero attached hydrogens (tertiary/aromatic N) is 1. The van der Waals surface area contributed by atoms with Gasteiger partial charge in [0, 0.05) is 12.0 Å². The second-order valence-corrected chi connectivity index (χ2v) is 6.91. The molecule has 20 heavy (non-hydrogen) atoms. The van der Waals surface area contributed by atoms with Crippen LogP contribution in [0.4, 0.5) is 0 Å². The molecule has 106 valence electrons. The summed E-state index contributed by atoms with van der Waals surface area (Å²) in [5.41, 5.74) is 4.06. The first-order valence-corrected chi connectivity index (χ1v) is 9.19. The smallest absolute Gasteiger partial charge is 0.269 e. The number of hydrogen-bond donors (Lipinski definition) is 0. The SMILES string of the molecule is CSC(=S)/C(C)=C(\SC)c1ccc2c(c1)oc(=S)n2C. The lowest BCUT2D eigenvalue weighted by molar-refractivity contribution is 0.559. The second kappa shape index (κ2) is 6.47. The van der Waals surface area contributed by atoms with Gasteiger partial charge in [0.15, 0.2) is 5.58 Å². The van der Waals surface area contributed by atoms with Crippen LogP contribution in [0.15, 0.2) is 28.2 Å². The number of oxazole rings is 1. The Morgan fingerprint density at radius 3 is 2.55 bits per heavy atom. The minimum absolute atomic E-state index is 0.489. The second-order valence-electron chi connectivity index (χ2n) is 4.26. The average molecular weight is 342 g/mol. The van der Waals surface area contributed by atoms with Gasteiger partial charge in [0.1, 0.15) is 0 Å². The molecule has 1 aromatic carbocycles. The molecule has 2 aromatic rings. The summed E-state index contributed by atoms with van der Waals surface area (Å²) in [6.07, 6.45) is 4.07. The highest BCUT2D eigenvalue weighted by atomic mass is 32.2. The quantitative estimate of drug-likeness (QED) is 0.556. The Morgan fingerprint density at radius 2 is 1.95 bits per heavy atom. The average Bonchev–Trinajstić information content (AvgIpc) is 2.73. The van der Waals surface area contributed by atoms with Crippen LogP contribution < -0.4 is 0 Å². The monoisotopic (exact) mass is 341 g/mol. The molecule has 0 spiro atoms. The van der Waals surface area contributed by atoms with Crippen molar-refractivity contribution in [3.8, 4) is 0 Å². The van der Waals surface area contributed by atoms with E-state index in [1.165, 1.54) is 4.91 Å². The molecule has 6 heteroatoms. The Morgan fingerprint density at radius 1 is 1.25 bits per heavy atom. The summed E-state index contributed by atoms with van der Waals surface area (Å²) in [6, 6.07) is 6.16. The van der Waals surface area contributed by atoms with Gasteiger partial charge in [-0.2, -0.15) is 0 Å². The van der Waals surface area contributed by atoms with Gasteiger partial charge in [0.2, 0.25) is 0 Å². The Hall–Kier alpha value is -0.560. The third-order valence-corrected chi connectivity index (χ3v) is 5.88. The van der Waals surface area contributed by atoms with Crippen molar-refractivity contribution in [3.05, 3.63) is 34.2 Å². The van der Waals surface area contributed by atoms with E-state index in [0.717, 1.165) is 26.4 Å². The molecule has 0 amide bonds. The zero-order chi connectivity index (χ0) is 14.9. The fourth-order valence-corrected chi connectivity index (χ4v) is 3.61. The third-order valence-electron chi connectivity index (χ3n) is 3.09. The van der Waals surface area contributed by atoms with Crippen LogP contribution in [-0.4, -0.2) is 21.3 Å². The number of aromatic nitrogens is 1. The van der Waals surface area contributed by atoms with E-state index >= 15 is 0 Å². The van der Waals surface area contributed by atoms with Crippen LogP contribution >= 0.6 is 48.0 Å². The number of benzene rings is 1. The van der Waals surface area contributed by atoms with Crippen LogP contribution in [-0.2, 0) is 7.05 Å². The Kier molecular flexibility index (Phi) is 5.12. The maximum atomic E-state index is 5.61. The van der Waals surface area contributed by atoms with Gasteiger partial charge in [0.25, 0.3) is 4.84 Å². The predicted molar refractivity (Wildman–Crippen MR) is 98.2 cm³/mol. The van der Waals surface area contributed by atoms with Crippen molar-refractivity contribution >= 4 is 68.2 Å². The van der Waals surface area contributed by atoms with Crippen molar-refractivity contribution in [2.24, 2.45) is 7.05 Å². The molecular weight excluding hydrogens is 326 g/mol. The molecule has 0 saturated carbocycles. The lowest BCUT2D eigenvalue weighted by atomic mass is 10.1. The molecule has 2 rings (SSSR count). The van der Waals surface area contributed by atoms with E-state index in [4.69, 9.17) is 28.9 Å². The van der Waals surface area contributed by atoms with Crippen molar-refractivity contribution in [1.29, 1.82) is 0 Å². The normalized spacial score (nSPS) is 12.6. The van der Waals surface area contributed by atoms with E-state index in [1.807, 2.05) is 30.0 Å². The van der Waals surface area contributed by atoms with Gasteiger partial charge in [-0.3, -0.25) is 0 Å². The standard InChI is InChI=1S/C14H15NOS4/c1-8(13(17)20-4)12(19-3)9-5-6-10-11(7-9)16-14(18)15(10)2/h5-7H,1-4H3/b12-8-. The summed E-state index contributed by atoms with van der Waals surface area (Å²) in [4.78, 5) is 1.67. The molecule has 0 aliphatic carbocycles. The Labute approximate surface area is 137 Å². The zero-order valence-corrected chi connectivity index (χ0v) is 15.0. The Bertz CT molecular complexity index is 754. The fraction of sp³-hybridized carbons (Fsp3) is 0.286. The topological polar surface area (TPSA) is 18.1 Å². The molecule has 2 nitrogen and oxygen atoms in total. The van der Waals surface area contributed by atoms with Crippen molar-refractivity contribution in [1.82, 2.24) is 4.57 Å². The first kappa shape index (κ1) is 15.8. The van der Waals surface area contributed by atoms with Gasteiger partial charge in [-0.15, -0.1) is 23.5 Å². The molecule has 0 bridgehead atoms. The van der Waals surface area contributed by atoms with E-state index in [2.05, 4.69) is 19.2 Å². The highest BCUT2D eigenvalue weighted by Crippen LogP contribution is 2.33. The minimum atomic E-state index is 0.489. The maximum Gasteiger partial charge on any atom is 0.269 e. The maximum absolute atomic E-state index is 5.61. The van der Waals surface area contributed by atoms with Crippen molar-refractivity contribution in [2.75, 3.05) is 12.5 Å².